The molecule has 1 N–H and O–H groups in total. The van der Waals surface area contributed by atoms with Crippen molar-refractivity contribution in [2.45, 2.75) is 44.3 Å². The number of rotatable bonds is 2. The molecule has 0 aromatic carbocycles. The molecule has 2 aliphatic rings. The van der Waals surface area contributed by atoms with Gasteiger partial charge in [0.1, 0.15) is 0 Å². The molecule has 1 aliphatic heterocycles. The van der Waals surface area contributed by atoms with Crippen molar-refractivity contribution in [1.82, 2.24) is 5.32 Å². The minimum atomic E-state index is 0.0573. The molecule has 0 bridgehead atoms. The maximum absolute atomic E-state index is 4.38. The summed E-state index contributed by atoms with van der Waals surface area (Å²) < 4.78 is 0. The van der Waals surface area contributed by atoms with Gasteiger partial charge in [-0.3, -0.25) is 0 Å². The summed E-state index contributed by atoms with van der Waals surface area (Å²) in [6.45, 7) is 0. The number of azo groups is 1. The van der Waals surface area contributed by atoms with Gasteiger partial charge >= 0.3 is 0 Å². The second-order valence-corrected chi connectivity index (χ2v) is 3.88. The standard InChI is InChI=1S/C11H17N3/c1-2-6-10(7-3-1)13-14-11-8-4-5-9-12-11/h4-5,8-12H,1-3,6-7H2. The Balaban J connectivity index is 1.80. The topological polar surface area (TPSA) is 36.8 Å². The van der Waals surface area contributed by atoms with Crippen molar-refractivity contribution in [3.05, 3.63) is 24.4 Å². The minimum Gasteiger partial charge on any atom is -0.365 e. The molecule has 0 radical (unpaired) electrons. The van der Waals surface area contributed by atoms with Crippen molar-refractivity contribution in [2.24, 2.45) is 10.2 Å². The lowest BCUT2D eigenvalue weighted by Crippen LogP contribution is -2.21. The summed E-state index contributed by atoms with van der Waals surface area (Å²) in [6.07, 6.45) is 14.4. The van der Waals surface area contributed by atoms with Crippen molar-refractivity contribution in [3.63, 3.8) is 0 Å². The number of nitrogens with one attached hydrogen (secondary N) is 1. The van der Waals surface area contributed by atoms with E-state index < -0.39 is 0 Å². The molecule has 1 saturated carbocycles. The Hall–Kier alpha value is -1.12. The highest BCUT2D eigenvalue weighted by molar-refractivity contribution is 5.11. The molecule has 0 amide bonds. The van der Waals surface area contributed by atoms with Crippen LogP contribution in [0, 0.1) is 0 Å². The van der Waals surface area contributed by atoms with Crippen LogP contribution in [-0.2, 0) is 0 Å². The molecule has 1 atom stereocenters. The molecule has 76 valence electrons. The molecule has 1 heterocycles. The first-order valence-corrected chi connectivity index (χ1v) is 5.44. The highest BCUT2D eigenvalue weighted by Gasteiger charge is 2.12. The van der Waals surface area contributed by atoms with E-state index in [1.54, 1.807) is 0 Å². The van der Waals surface area contributed by atoms with Crippen LogP contribution in [0.4, 0.5) is 0 Å². The van der Waals surface area contributed by atoms with E-state index in [0.29, 0.717) is 6.04 Å². The fraction of sp³-hybridized carbons (Fsp3) is 0.636. The first-order valence-electron chi connectivity index (χ1n) is 5.44. The maximum Gasteiger partial charge on any atom is 0.158 e. The van der Waals surface area contributed by atoms with Gasteiger partial charge in [0, 0.05) is 0 Å². The quantitative estimate of drug-likeness (QED) is 0.669. The van der Waals surface area contributed by atoms with Crippen LogP contribution in [-0.4, -0.2) is 12.2 Å². The van der Waals surface area contributed by atoms with Crippen LogP contribution < -0.4 is 5.32 Å². The average Bonchev–Trinajstić information content (AvgIpc) is 2.29. The predicted molar refractivity (Wildman–Crippen MR) is 56.9 cm³/mol. The molecule has 3 heteroatoms. The fourth-order valence-electron chi connectivity index (χ4n) is 1.87. The SMILES string of the molecule is C1=CNC(N=NC2CCCCC2)C=C1. The van der Waals surface area contributed by atoms with E-state index in [-0.39, 0.29) is 6.17 Å². The Labute approximate surface area is 85.0 Å². The maximum atomic E-state index is 4.38. The van der Waals surface area contributed by atoms with Gasteiger partial charge in [-0.2, -0.15) is 10.2 Å². The Morgan fingerprint density at radius 3 is 2.57 bits per heavy atom. The van der Waals surface area contributed by atoms with Gasteiger partial charge < -0.3 is 5.32 Å². The van der Waals surface area contributed by atoms with E-state index in [2.05, 4.69) is 15.5 Å². The van der Waals surface area contributed by atoms with Crippen LogP contribution in [0.2, 0.25) is 0 Å². The molecular weight excluding hydrogens is 174 g/mol. The van der Waals surface area contributed by atoms with Crippen LogP contribution >= 0.6 is 0 Å². The molecule has 0 saturated heterocycles. The summed E-state index contributed by atoms with van der Waals surface area (Å²) in [5.41, 5.74) is 0. The Bertz CT molecular complexity index is 249. The van der Waals surface area contributed by atoms with E-state index in [4.69, 9.17) is 0 Å². The summed E-state index contributed by atoms with van der Waals surface area (Å²) in [7, 11) is 0. The molecule has 0 aromatic rings. The second-order valence-electron chi connectivity index (χ2n) is 3.88. The third kappa shape index (κ3) is 2.69. The molecule has 14 heavy (non-hydrogen) atoms. The van der Waals surface area contributed by atoms with Gasteiger partial charge in [0.05, 0.1) is 6.04 Å². The highest BCUT2D eigenvalue weighted by Crippen LogP contribution is 2.20. The van der Waals surface area contributed by atoms with E-state index >= 15 is 0 Å². The number of hydrogen-bond donors (Lipinski definition) is 1. The van der Waals surface area contributed by atoms with Crippen molar-refractivity contribution < 1.29 is 0 Å². The number of dihydropyridines is 1. The van der Waals surface area contributed by atoms with E-state index in [1.807, 2.05) is 24.4 Å². The van der Waals surface area contributed by atoms with Gasteiger partial charge in [0.15, 0.2) is 6.17 Å². The number of allylic oxidation sites excluding steroid dienone is 2. The predicted octanol–water partition coefficient (Wildman–Crippen LogP) is 2.77. The lowest BCUT2D eigenvalue weighted by atomic mass is 9.96. The van der Waals surface area contributed by atoms with E-state index in [0.717, 1.165) is 0 Å². The highest BCUT2D eigenvalue weighted by atomic mass is 15.2. The van der Waals surface area contributed by atoms with Gasteiger partial charge in [-0.15, -0.1) is 0 Å². The molecule has 1 unspecified atom stereocenters. The zero-order chi connectivity index (χ0) is 9.64. The average molecular weight is 191 g/mol. The smallest absolute Gasteiger partial charge is 0.158 e. The zero-order valence-electron chi connectivity index (χ0n) is 8.39. The van der Waals surface area contributed by atoms with Crippen LogP contribution in [0.5, 0.6) is 0 Å². The normalized spacial score (nSPS) is 28.1. The zero-order valence-corrected chi connectivity index (χ0v) is 8.39. The van der Waals surface area contributed by atoms with Crippen LogP contribution in [0.3, 0.4) is 0 Å². The summed E-state index contributed by atoms with van der Waals surface area (Å²) in [4.78, 5) is 0. The Kier molecular flexibility index (Phi) is 3.33. The van der Waals surface area contributed by atoms with Gasteiger partial charge in [0.2, 0.25) is 0 Å². The van der Waals surface area contributed by atoms with Gasteiger partial charge in [-0.25, -0.2) is 0 Å². The van der Waals surface area contributed by atoms with Crippen LogP contribution in [0.25, 0.3) is 0 Å². The van der Waals surface area contributed by atoms with Crippen molar-refractivity contribution in [3.8, 4) is 0 Å². The van der Waals surface area contributed by atoms with E-state index in [9.17, 15) is 0 Å². The molecule has 3 nitrogen and oxygen atoms in total. The van der Waals surface area contributed by atoms with E-state index in [1.165, 1.54) is 32.1 Å². The number of nitrogens with zero attached hydrogens (tertiary/aromatic N) is 2. The lowest BCUT2D eigenvalue weighted by molar-refractivity contribution is 0.422. The van der Waals surface area contributed by atoms with Crippen LogP contribution in [0.15, 0.2) is 34.7 Å². The number of hydrogen-bond acceptors (Lipinski definition) is 3. The van der Waals surface area contributed by atoms with Crippen molar-refractivity contribution in [2.75, 3.05) is 0 Å². The summed E-state index contributed by atoms with van der Waals surface area (Å²) in [6, 6.07) is 0.477. The van der Waals surface area contributed by atoms with Crippen molar-refractivity contribution >= 4 is 0 Å². The monoisotopic (exact) mass is 191 g/mol. The molecule has 2 rings (SSSR count). The Morgan fingerprint density at radius 1 is 1.00 bits per heavy atom. The van der Waals surface area contributed by atoms with Gasteiger partial charge in [-0.05, 0) is 31.2 Å². The Morgan fingerprint density at radius 2 is 1.86 bits per heavy atom. The van der Waals surface area contributed by atoms with Gasteiger partial charge in [-0.1, -0.05) is 25.3 Å². The largest absolute Gasteiger partial charge is 0.365 e. The lowest BCUT2D eigenvalue weighted by Gasteiger charge is -2.17. The molecule has 0 spiro atoms. The fourth-order valence-corrected chi connectivity index (χ4v) is 1.87. The second kappa shape index (κ2) is 4.94. The third-order valence-electron chi connectivity index (χ3n) is 2.70. The van der Waals surface area contributed by atoms with Crippen molar-refractivity contribution in [1.29, 1.82) is 0 Å². The minimum absolute atomic E-state index is 0.0573. The first kappa shape index (κ1) is 9.44. The first-order chi connectivity index (χ1) is 6.95. The van der Waals surface area contributed by atoms with Crippen LogP contribution in [0.1, 0.15) is 32.1 Å². The summed E-state index contributed by atoms with van der Waals surface area (Å²) >= 11 is 0. The summed E-state index contributed by atoms with van der Waals surface area (Å²) in [5, 5.41) is 11.8. The molecule has 0 aromatic heterocycles. The molecule has 1 aliphatic carbocycles. The molecule has 1 fully saturated rings. The van der Waals surface area contributed by atoms with Gasteiger partial charge in [0.25, 0.3) is 0 Å². The molecular formula is C11H17N3. The summed E-state index contributed by atoms with van der Waals surface area (Å²) in [5.74, 6) is 0. The third-order valence-corrected chi connectivity index (χ3v) is 2.70.